The summed E-state index contributed by atoms with van der Waals surface area (Å²) in [5.41, 5.74) is 1.33. The first-order valence-electron chi connectivity index (χ1n) is 6.81. The summed E-state index contributed by atoms with van der Waals surface area (Å²) in [6.07, 6.45) is 4.44. The Morgan fingerprint density at radius 1 is 1.05 bits per heavy atom. The Kier molecular flexibility index (Phi) is 8.25. The van der Waals surface area contributed by atoms with Crippen molar-refractivity contribution in [3.8, 4) is 0 Å². The molecule has 0 saturated carbocycles. The molecule has 1 aromatic carbocycles. The van der Waals surface area contributed by atoms with Gasteiger partial charge in [-0.05, 0) is 59.5 Å². The number of rotatable bonds is 9. The summed E-state index contributed by atoms with van der Waals surface area (Å²) in [6, 6.07) is 8.48. The number of unbranched alkanes of at least 4 members (excludes halogenated alkanes) is 2. The number of carbonyl (C=O) groups is 2. The van der Waals surface area contributed by atoms with Crippen molar-refractivity contribution in [2.45, 2.75) is 38.5 Å². The molecule has 0 atom stereocenters. The summed E-state index contributed by atoms with van der Waals surface area (Å²) < 4.78 is 1.24. The van der Waals surface area contributed by atoms with Gasteiger partial charge in [0.1, 0.15) is 0 Å². The fourth-order valence-corrected chi connectivity index (χ4v) is 2.20. The standard InChI is InChI=1S/C15H20INO3/c16-13-8-6-12(7-9-13)4-2-1-3-5-14(18)17-11-10-15(19)20/h6-9H,1-5,10-11H2,(H,17,18)(H,19,20). The van der Waals surface area contributed by atoms with Crippen molar-refractivity contribution in [2.24, 2.45) is 0 Å². The van der Waals surface area contributed by atoms with E-state index >= 15 is 0 Å². The van der Waals surface area contributed by atoms with E-state index in [-0.39, 0.29) is 18.9 Å². The lowest BCUT2D eigenvalue weighted by Gasteiger charge is -2.04. The van der Waals surface area contributed by atoms with Crippen LogP contribution in [0.3, 0.4) is 0 Å². The Hall–Kier alpha value is -1.11. The van der Waals surface area contributed by atoms with Gasteiger partial charge >= 0.3 is 5.97 Å². The van der Waals surface area contributed by atoms with Crippen molar-refractivity contribution < 1.29 is 14.7 Å². The molecule has 0 aromatic heterocycles. The van der Waals surface area contributed by atoms with Gasteiger partial charge in [-0.2, -0.15) is 0 Å². The third-order valence-corrected chi connectivity index (χ3v) is 3.66. The van der Waals surface area contributed by atoms with Crippen LogP contribution >= 0.6 is 22.6 Å². The molecule has 0 radical (unpaired) electrons. The van der Waals surface area contributed by atoms with E-state index in [4.69, 9.17) is 5.11 Å². The summed E-state index contributed by atoms with van der Waals surface area (Å²) in [4.78, 5) is 21.7. The summed E-state index contributed by atoms with van der Waals surface area (Å²) in [7, 11) is 0. The molecule has 1 amide bonds. The number of carboxylic acids is 1. The number of hydrogen-bond donors (Lipinski definition) is 2. The number of nitrogens with one attached hydrogen (secondary N) is 1. The molecule has 0 fully saturated rings. The molecule has 0 saturated heterocycles. The fraction of sp³-hybridized carbons (Fsp3) is 0.467. The van der Waals surface area contributed by atoms with E-state index < -0.39 is 5.97 Å². The number of amides is 1. The Morgan fingerprint density at radius 2 is 1.75 bits per heavy atom. The highest BCUT2D eigenvalue weighted by Crippen LogP contribution is 2.10. The number of carboxylic acid groups (broad SMARTS) is 1. The number of carbonyl (C=O) groups excluding carboxylic acids is 1. The number of benzene rings is 1. The van der Waals surface area contributed by atoms with Crippen LogP contribution in [-0.4, -0.2) is 23.5 Å². The molecule has 0 spiro atoms. The van der Waals surface area contributed by atoms with Crippen LogP contribution in [0.4, 0.5) is 0 Å². The second-order valence-corrected chi connectivity index (χ2v) is 5.93. The predicted molar refractivity (Wildman–Crippen MR) is 86.6 cm³/mol. The van der Waals surface area contributed by atoms with E-state index in [1.165, 1.54) is 9.13 Å². The van der Waals surface area contributed by atoms with Gasteiger partial charge in [0.15, 0.2) is 0 Å². The summed E-state index contributed by atoms with van der Waals surface area (Å²) in [5, 5.41) is 11.1. The van der Waals surface area contributed by atoms with Crippen LogP contribution in [0.15, 0.2) is 24.3 Å². The molecule has 2 N–H and O–H groups in total. The lowest BCUT2D eigenvalue weighted by molar-refractivity contribution is -0.136. The molecule has 110 valence electrons. The van der Waals surface area contributed by atoms with Gasteiger partial charge in [-0.25, -0.2) is 0 Å². The van der Waals surface area contributed by atoms with Crippen molar-refractivity contribution in [3.63, 3.8) is 0 Å². The van der Waals surface area contributed by atoms with Crippen molar-refractivity contribution in [2.75, 3.05) is 6.54 Å². The summed E-state index contributed by atoms with van der Waals surface area (Å²) >= 11 is 2.29. The van der Waals surface area contributed by atoms with Crippen LogP contribution < -0.4 is 5.32 Å². The minimum atomic E-state index is -0.886. The SMILES string of the molecule is O=C(O)CCNC(=O)CCCCCc1ccc(I)cc1. The third-order valence-electron chi connectivity index (χ3n) is 2.94. The zero-order chi connectivity index (χ0) is 14.8. The Bertz CT molecular complexity index is 431. The maximum absolute atomic E-state index is 11.4. The van der Waals surface area contributed by atoms with Crippen molar-refractivity contribution in [1.29, 1.82) is 0 Å². The molecule has 0 unspecified atom stereocenters. The highest BCUT2D eigenvalue weighted by molar-refractivity contribution is 14.1. The van der Waals surface area contributed by atoms with Crippen LogP contribution in [0.25, 0.3) is 0 Å². The van der Waals surface area contributed by atoms with E-state index in [0.29, 0.717) is 6.42 Å². The number of aliphatic carboxylic acids is 1. The molecule has 1 rings (SSSR count). The largest absolute Gasteiger partial charge is 0.481 e. The molecule has 4 nitrogen and oxygen atoms in total. The first-order chi connectivity index (χ1) is 9.58. The molecule has 0 bridgehead atoms. The quantitative estimate of drug-likeness (QED) is 0.504. The van der Waals surface area contributed by atoms with Gasteiger partial charge in [-0.15, -0.1) is 0 Å². The second-order valence-electron chi connectivity index (χ2n) is 4.68. The van der Waals surface area contributed by atoms with E-state index in [0.717, 1.165) is 25.7 Å². The van der Waals surface area contributed by atoms with Crippen LogP contribution in [-0.2, 0) is 16.0 Å². The van der Waals surface area contributed by atoms with E-state index in [2.05, 4.69) is 52.2 Å². The van der Waals surface area contributed by atoms with E-state index in [1.807, 2.05) is 0 Å². The molecular weight excluding hydrogens is 369 g/mol. The Balaban J connectivity index is 2.02. The second kappa shape index (κ2) is 9.74. The van der Waals surface area contributed by atoms with Gasteiger partial charge in [0.05, 0.1) is 6.42 Å². The molecular formula is C15H20INO3. The van der Waals surface area contributed by atoms with Gasteiger partial charge in [0.2, 0.25) is 5.91 Å². The van der Waals surface area contributed by atoms with Crippen molar-refractivity contribution in [1.82, 2.24) is 5.32 Å². The van der Waals surface area contributed by atoms with Crippen molar-refractivity contribution >= 4 is 34.5 Å². The predicted octanol–water partition coefficient (Wildman–Crippen LogP) is 2.99. The van der Waals surface area contributed by atoms with E-state index in [1.54, 1.807) is 0 Å². The van der Waals surface area contributed by atoms with Gasteiger partial charge in [0.25, 0.3) is 0 Å². The topological polar surface area (TPSA) is 66.4 Å². The lowest BCUT2D eigenvalue weighted by atomic mass is 10.1. The zero-order valence-corrected chi connectivity index (χ0v) is 13.6. The van der Waals surface area contributed by atoms with Crippen LogP contribution in [0.5, 0.6) is 0 Å². The summed E-state index contributed by atoms with van der Waals surface area (Å²) in [5.74, 6) is -0.941. The first-order valence-corrected chi connectivity index (χ1v) is 7.89. The normalized spacial score (nSPS) is 10.2. The van der Waals surface area contributed by atoms with Crippen LogP contribution in [0.1, 0.15) is 37.7 Å². The number of hydrogen-bond acceptors (Lipinski definition) is 2. The third kappa shape index (κ3) is 8.14. The average molecular weight is 389 g/mol. The van der Waals surface area contributed by atoms with Gasteiger partial charge < -0.3 is 10.4 Å². The molecule has 20 heavy (non-hydrogen) atoms. The minimum absolute atomic E-state index is 0.0153. The maximum atomic E-state index is 11.4. The van der Waals surface area contributed by atoms with E-state index in [9.17, 15) is 9.59 Å². The molecule has 1 aromatic rings. The maximum Gasteiger partial charge on any atom is 0.305 e. The lowest BCUT2D eigenvalue weighted by Crippen LogP contribution is -2.25. The highest BCUT2D eigenvalue weighted by atomic mass is 127. The molecule has 0 aliphatic heterocycles. The molecule has 5 heteroatoms. The number of aryl methyl sites for hydroxylation is 1. The first kappa shape index (κ1) is 16.9. The van der Waals surface area contributed by atoms with Crippen LogP contribution in [0.2, 0.25) is 0 Å². The molecule has 0 aliphatic rings. The van der Waals surface area contributed by atoms with Gasteiger partial charge in [-0.3, -0.25) is 9.59 Å². The Morgan fingerprint density at radius 3 is 2.40 bits per heavy atom. The minimum Gasteiger partial charge on any atom is -0.481 e. The van der Waals surface area contributed by atoms with Gasteiger partial charge in [0, 0.05) is 16.5 Å². The average Bonchev–Trinajstić information content (AvgIpc) is 2.40. The highest BCUT2D eigenvalue weighted by Gasteiger charge is 2.02. The zero-order valence-electron chi connectivity index (χ0n) is 11.4. The van der Waals surface area contributed by atoms with Crippen molar-refractivity contribution in [3.05, 3.63) is 33.4 Å². The van der Waals surface area contributed by atoms with Crippen LogP contribution in [0, 0.1) is 3.57 Å². The smallest absolute Gasteiger partial charge is 0.305 e. The molecule has 0 aliphatic carbocycles. The summed E-state index contributed by atoms with van der Waals surface area (Å²) in [6.45, 7) is 0.219. The molecule has 0 heterocycles. The van der Waals surface area contributed by atoms with Gasteiger partial charge in [-0.1, -0.05) is 18.6 Å². The monoisotopic (exact) mass is 389 g/mol. The number of halogens is 1. The Labute approximate surface area is 133 Å². The fourth-order valence-electron chi connectivity index (χ4n) is 1.84.